The summed E-state index contributed by atoms with van der Waals surface area (Å²) in [6, 6.07) is 0.494. The lowest BCUT2D eigenvalue weighted by atomic mass is 10.0. The molecule has 0 saturated carbocycles. The second kappa shape index (κ2) is 8.51. The van der Waals surface area contributed by atoms with Gasteiger partial charge in [-0.2, -0.15) is 0 Å². The van der Waals surface area contributed by atoms with Gasteiger partial charge >= 0.3 is 0 Å². The average Bonchev–Trinajstić information content (AvgIpc) is 2.36. The molecule has 0 bridgehead atoms. The molecule has 1 atom stereocenters. The third-order valence-electron chi connectivity index (χ3n) is 3.70. The van der Waals surface area contributed by atoms with E-state index in [0.29, 0.717) is 12.5 Å². The minimum atomic E-state index is 0.104. The third-order valence-corrected chi connectivity index (χ3v) is 3.70. The minimum absolute atomic E-state index is 0.104. The van der Waals surface area contributed by atoms with Crippen molar-refractivity contribution in [3.63, 3.8) is 0 Å². The number of ether oxygens (including phenoxy) is 1. The predicted octanol–water partition coefficient (Wildman–Crippen LogP) is 0.587. The van der Waals surface area contributed by atoms with Crippen LogP contribution in [0.2, 0.25) is 0 Å². The topological polar surface area (TPSA) is 67.6 Å². The molecule has 1 unspecified atom stereocenters. The van der Waals surface area contributed by atoms with E-state index in [2.05, 4.69) is 19.2 Å². The standard InChI is InChI=1S/C14H29N3O2/c1-11(2)13(15)4-7-17(3)10-14(18)16-12-5-8-19-9-6-12/h11-13H,4-10,15H2,1-3H3,(H,16,18). The zero-order chi connectivity index (χ0) is 14.3. The molecule has 1 aliphatic heterocycles. The first-order chi connectivity index (χ1) is 8.99. The van der Waals surface area contributed by atoms with Crippen LogP contribution in [0.4, 0.5) is 0 Å². The maximum absolute atomic E-state index is 11.9. The van der Waals surface area contributed by atoms with Gasteiger partial charge in [0.25, 0.3) is 0 Å². The molecule has 5 heteroatoms. The summed E-state index contributed by atoms with van der Waals surface area (Å²) in [6.45, 7) is 7.07. The van der Waals surface area contributed by atoms with E-state index in [1.54, 1.807) is 0 Å². The van der Waals surface area contributed by atoms with Crippen LogP contribution in [0.1, 0.15) is 33.1 Å². The summed E-state index contributed by atoms with van der Waals surface area (Å²) in [5.74, 6) is 0.594. The quantitative estimate of drug-likeness (QED) is 0.711. The van der Waals surface area contributed by atoms with E-state index < -0.39 is 0 Å². The van der Waals surface area contributed by atoms with Crippen LogP contribution in [-0.4, -0.2) is 56.2 Å². The van der Waals surface area contributed by atoms with Gasteiger partial charge in [0, 0.05) is 25.3 Å². The first-order valence-electron chi connectivity index (χ1n) is 7.30. The van der Waals surface area contributed by atoms with Gasteiger partial charge < -0.3 is 15.8 Å². The molecule has 0 radical (unpaired) electrons. The monoisotopic (exact) mass is 271 g/mol. The zero-order valence-corrected chi connectivity index (χ0v) is 12.5. The van der Waals surface area contributed by atoms with E-state index in [4.69, 9.17) is 10.5 Å². The molecule has 0 spiro atoms. The fraction of sp³-hybridized carbons (Fsp3) is 0.929. The Morgan fingerprint density at radius 1 is 1.42 bits per heavy atom. The van der Waals surface area contributed by atoms with Crippen LogP contribution in [0, 0.1) is 5.92 Å². The van der Waals surface area contributed by atoms with Crippen LogP contribution >= 0.6 is 0 Å². The number of likely N-dealkylation sites (N-methyl/N-ethyl adjacent to an activating group) is 1. The molecular formula is C14H29N3O2. The maximum atomic E-state index is 11.9. The van der Waals surface area contributed by atoms with E-state index in [9.17, 15) is 4.79 Å². The highest BCUT2D eigenvalue weighted by atomic mass is 16.5. The highest BCUT2D eigenvalue weighted by Crippen LogP contribution is 2.06. The van der Waals surface area contributed by atoms with Crippen LogP contribution in [0.15, 0.2) is 0 Å². The molecule has 19 heavy (non-hydrogen) atoms. The summed E-state index contributed by atoms with van der Waals surface area (Å²) in [6.07, 6.45) is 2.78. The van der Waals surface area contributed by atoms with E-state index >= 15 is 0 Å². The second-order valence-corrected chi connectivity index (χ2v) is 5.89. The first kappa shape index (κ1) is 16.4. The molecule has 1 amide bonds. The largest absolute Gasteiger partial charge is 0.381 e. The van der Waals surface area contributed by atoms with Crippen LogP contribution in [-0.2, 0) is 9.53 Å². The number of hydrogen-bond acceptors (Lipinski definition) is 4. The summed E-state index contributed by atoms with van der Waals surface area (Å²) >= 11 is 0. The Balaban J connectivity index is 2.16. The van der Waals surface area contributed by atoms with E-state index in [1.165, 1.54) is 0 Å². The van der Waals surface area contributed by atoms with Crippen LogP contribution in [0.5, 0.6) is 0 Å². The molecule has 112 valence electrons. The van der Waals surface area contributed by atoms with Crippen LogP contribution in [0.25, 0.3) is 0 Å². The molecule has 0 aromatic heterocycles. The number of nitrogens with two attached hydrogens (primary N) is 1. The van der Waals surface area contributed by atoms with Crippen molar-refractivity contribution in [1.29, 1.82) is 0 Å². The number of nitrogens with zero attached hydrogens (tertiary/aromatic N) is 1. The lowest BCUT2D eigenvalue weighted by Gasteiger charge is -2.25. The summed E-state index contributed by atoms with van der Waals surface area (Å²) in [5, 5.41) is 3.07. The molecule has 3 N–H and O–H groups in total. The van der Waals surface area contributed by atoms with Gasteiger partial charge in [-0.25, -0.2) is 0 Å². The lowest BCUT2D eigenvalue weighted by Crippen LogP contribution is -2.44. The van der Waals surface area contributed by atoms with E-state index in [0.717, 1.165) is 39.0 Å². The summed E-state index contributed by atoms with van der Waals surface area (Å²) < 4.78 is 5.27. The summed E-state index contributed by atoms with van der Waals surface area (Å²) in [4.78, 5) is 13.9. The van der Waals surface area contributed by atoms with Gasteiger partial charge in [-0.3, -0.25) is 9.69 Å². The van der Waals surface area contributed by atoms with Crippen molar-refractivity contribution < 1.29 is 9.53 Å². The number of carbonyl (C=O) groups excluding carboxylic acids is 1. The molecule has 1 fully saturated rings. The van der Waals surface area contributed by atoms with Crippen molar-refractivity contribution in [3.8, 4) is 0 Å². The third kappa shape index (κ3) is 6.89. The molecule has 1 saturated heterocycles. The Labute approximate surface area is 116 Å². The molecule has 5 nitrogen and oxygen atoms in total. The highest BCUT2D eigenvalue weighted by Gasteiger charge is 2.17. The van der Waals surface area contributed by atoms with Crippen molar-refractivity contribution in [2.24, 2.45) is 11.7 Å². The number of rotatable bonds is 7. The van der Waals surface area contributed by atoms with Crippen molar-refractivity contribution in [2.75, 3.05) is 33.4 Å². The molecule has 1 rings (SSSR count). The van der Waals surface area contributed by atoms with Crippen LogP contribution in [0.3, 0.4) is 0 Å². The van der Waals surface area contributed by atoms with Gasteiger partial charge in [-0.1, -0.05) is 13.8 Å². The Bertz CT molecular complexity index is 265. The smallest absolute Gasteiger partial charge is 0.234 e. The Morgan fingerprint density at radius 3 is 2.63 bits per heavy atom. The fourth-order valence-electron chi connectivity index (χ4n) is 2.14. The van der Waals surface area contributed by atoms with Crippen molar-refractivity contribution in [1.82, 2.24) is 10.2 Å². The van der Waals surface area contributed by atoms with E-state index in [-0.39, 0.29) is 18.0 Å². The SMILES string of the molecule is CC(C)C(N)CCN(C)CC(=O)NC1CCOCC1. The number of carbonyl (C=O) groups is 1. The number of nitrogens with one attached hydrogen (secondary N) is 1. The van der Waals surface area contributed by atoms with Crippen molar-refractivity contribution >= 4 is 5.91 Å². The van der Waals surface area contributed by atoms with Crippen molar-refractivity contribution in [3.05, 3.63) is 0 Å². The Kier molecular flexibility index (Phi) is 7.34. The zero-order valence-electron chi connectivity index (χ0n) is 12.5. The first-order valence-corrected chi connectivity index (χ1v) is 7.30. The van der Waals surface area contributed by atoms with Gasteiger partial charge in [0.1, 0.15) is 0 Å². The maximum Gasteiger partial charge on any atom is 0.234 e. The number of amides is 1. The van der Waals surface area contributed by atoms with E-state index in [1.807, 2.05) is 11.9 Å². The summed E-state index contributed by atoms with van der Waals surface area (Å²) in [5.41, 5.74) is 6.00. The van der Waals surface area contributed by atoms with Gasteiger partial charge in [-0.05, 0) is 38.8 Å². The summed E-state index contributed by atoms with van der Waals surface area (Å²) in [7, 11) is 1.97. The number of hydrogen-bond donors (Lipinski definition) is 2. The fourth-order valence-corrected chi connectivity index (χ4v) is 2.14. The molecule has 1 aliphatic rings. The van der Waals surface area contributed by atoms with Gasteiger partial charge in [0.2, 0.25) is 5.91 Å². The molecule has 0 aromatic rings. The molecular weight excluding hydrogens is 242 g/mol. The van der Waals surface area contributed by atoms with Crippen LogP contribution < -0.4 is 11.1 Å². The van der Waals surface area contributed by atoms with Gasteiger partial charge in [-0.15, -0.1) is 0 Å². The molecule has 0 aliphatic carbocycles. The highest BCUT2D eigenvalue weighted by molar-refractivity contribution is 5.78. The average molecular weight is 271 g/mol. The minimum Gasteiger partial charge on any atom is -0.381 e. The lowest BCUT2D eigenvalue weighted by molar-refractivity contribution is -0.123. The van der Waals surface area contributed by atoms with Gasteiger partial charge in [0.15, 0.2) is 0 Å². The molecule has 1 heterocycles. The predicted molar refractivity (Wildman–Crippen MR) is 76.9 cm³/mol. The Hall–Kier alpha value is -0.650. The molecule has 0 aromatic carbocycles. The normalized spacial score (nSPS) is 18.8. The second-order valence-electron chi connectivity index (χ2n) is 5.89. The van der Waals surface area contributed by atoms with Crippen molar-refractivity contribution in [2.45, 2.75) is 45.2 Å². The Morgan fingerprint density at radius 2 is 2.05 bits per heavy atom. The van der Waals surface area contributed by atoms with Gasteiger partial charge in [0.05, 0.1) is 6.54 Å².